The summed E-state index contributed by atoms with van der Waals surface area (Å²) in [5.74, 6) is -0.720. The zero-order valence-electron chi connectivity index (χ0n) is 20.2. The molecule has 1 aliphatic heterocycles. The number of ether oxygens (including phenoxy) is 2. The van der Waals surface area contributed by atoms with E-state index in [9.17, 15) is 19.8 Å². The number of amides is 1. The Balaban J connectivity index is 1.66. The fourth-order valence-corrected chi connectivity index (χ4v) is 5.34. The molecule has 0 radical (unpaired) electrons. The van der Waals surface area contributed by atoms with Crippen molar-refractivity contribution in [3.63, 3.8) is 0 Å². The number of phenolic OH excluding ortho intramolecular Hbond substituents is 1. The molecule has 2 N–H and O–H groups in total. The van der Waals surface area contributed by atoms with Gasteiger partial charge in [-0.1, -0.05) is 23.5 Å². The number of rotatable bonds is 7. The Bertz CT molecular complexity index is 1530. The van der Waals surface area contributed by atoms with E-state index in [4.69, 9.17) is 9.47 Å². The molecule has 9 heteroatoms. The number of aliphatic hydroxyl groups is 1. The predicted octanol–water partition coefficient (Wildman–Crippen LogP) is 5.43. The van der Waals surface area contributed by atoms with Gasteiger partial charge in [0.15, 0.2) is 5.13 Å². The summed E-state index contributed by atoms with van der Waals surface area (Å²) in [7, 11) is 0. The van der Waals surface area contributed by atoms with Crippen molar-refractivity contribution in [1.29, 1.82) is 0 Å². The number of aromatic nitrogens is 1. The van der Waals surface area contributed by atoms with Gasteiger partial charge in [-0.2, -0.15) is 0 Å². The van der Waals surface area contributed by atoms with Gasteiger partial charge in [-0.3, -0.25) is 14.5 Å². The summed E-state index contributed by atoms with van der Waals surface area (Å²) in [6, 6.07) is 17.3. The molecule has 1 unspecified atom stereocenters. The second kappa shape index (κ2) is 9.94. The number of ketones is 1. The number of nitrogens with zero attached hydrogens (tertiary/aromatic N) is 2. The predicted molar refractivity (Wildman–Crippen MR) is 141 cm³/mol. The van der Waals surface area contributed by atoms with Crippen LogP contribution in [0.15, 0.2) is 72.3 Å². The Morgan fingerprint density at radius 2 is 1.68 bits per heavy atom. The van der Waals surface area contributed by atoms with Crippen LogP contribution in [0.5, 0.6) is 17.2 Å². The van der Waals surface area contributed by atoms with Crippen LogP contribution >= 0.6 is 11.3 Å². The molecule has 1 saturated heterocycles. The summed E-state index contributed by atoms with van der Waals surface area (Å²) in [6.07, 6.45) is 0. The van der Waals surface area contributed by atoms with Crippen molar-refractivity contribution in [2.75, 3.05) is 18.1 Å². The SMILES string of the molecule is CCOc1ccc(C(O)=C2C(=O)C(=O)N(c3nc4ccc(OCC)cc4s3)C2c2cccc(O)c2)cc1. The summed E-state index contributed by atoms with van der Waals surface area (Å²) >= 11 is 1.24. The quantitative estimate of drug-likeness (QED) is 0.192. The monoisotopic (exact) mass is 516 g/mol. The molecule has 1 amide bonds. The maximum absolute atomic E-state index is 13.4. The van der Waals surface area contributed by atoms with E-state index >= 15 is 0 Å². The third-order valence-electron chi connectivity index (χ3n) is 5.93. The Kier molecular flexibility index (Phi) is 6.54. The number of carbonyl (C=O) groups is 2. The highest BCUT2D eigenvalue weighted by Gasteiger charge is 2.48. The highest BCUT2D eigenvalue weighted by Crippen LogP contribution is 2.45. The molecule has 0 bridgehead atoms. The lowest BCUT2D eigenvalue weighted by molar-refractivity contribution is -0.132. The van der Waals surface area contributed by atoms with E-state index in [2.05, 4.69) is 4.98 Å². The fourth-order valence-electron chi connectivity index (χ4n) is 4.32. The largest absolute Gasteiger partial charge is 0.508 e. The number of hydrogen-bond acceptors (Lipinski definition) is 8. The number of hydrogen-bond donors (Lipinski definition) is 2. The number of carbonyl (C=O) groups excluding carboxylic acids is 2. The first-order chi connectivity index (χ1) is 17.9. The first kappa shape index (κ1) is 24.3. The Hall–Kier alpha value is -4.37. The second-order valence-corrected chi connectivity index (χ2v) is 9.29. The average molecular weight is 517 g/mol. The van der Waals surface area contributed by atoms with Crippen LogP contribution in [0.3, 0.4) is 0 Å². The molecule has 1 fully saturated rings. The molecule has 37 heavy (non-hydrogen) atoms. The number of Topliss-reactive ketones (excluding diaryl/α,β-unsaturated/α-hetero) is 1. The van der Waals surface area contributed by atoms with Gasteiger partial charge in [0.25, 0.3) is 5.78 Å². The van der Waals surface area contributed by atoms with Crippen molar-refractivity contribution >= 4 is 44.1 Å². The smallest absolute Gasteiger partial charge is 0.301 e. The Morgan fingerprint density at radius 3 is 2.38 bits per heavy atom. The van der Waals surface area contributed by atoms with Crippen LogP contribution in [0, 0.1) is 0 Å². The lowest BCUT2D eigenvalue weighted by Gasteiger charge is -2.23. The van der Waals surface area contributed by atoms with Crippen LogP contribution in [0.2, 0.25) is 0 Å². The van der Waals surface area contributed by atoms with Crippen LogP contribution in [-0.2, 0) is 9.59 Å². The van der Waals surface area contributed by atoms with Gasteiger partial charge in [-0.15, -0.1) is 0 Å². The molecule has 0 saturated carbocycles. The number of anilines is 1. The minimum absolute atomic E-state index is 0.0326. The van der Waals surface area contributed by atoms with Gasteiger partial charge >= 0.3 is 5.91 Å². The van der Waals surface area contributed by atoms with Gasteiger partial charge in [-0.25, -0.2) is 4.98 Å². The van der Waals surface area contributed by atoms with Gasteiger partial charge < -0.3 is 19.7 Å². The average Bonchev–Trinajstić information content (AvgIpc) is 3.42. The maximum atomic E-state index is 13.4. The maximum Gasteiger partial charge on any atom is 0.301 e. The fraction of sp³-hybridized carbons (Fsp3) is 0.179. The number of aliphatic hydroxyl groups excluding tert-OH is 1. The molecule has 3 aromatic carbocycles. The number of aromatic hydroxyl groups is 1. The summed E-state index contributed by atoms with van der Waals surface area (Å²) in [5, 5.41) is 21.7. The lowest BCUT2D eigenvalue weighted by Crippen LogP contribution is -2.29. The molecule has 188 valence electrons. The summed E-state index contributed by atoms with van der Waals surface area (Å²) < 4.78 is 11.8. The molecule has 1 atom stereocenters. The molecule has 2 heterocycles. The van der Waals surface area contributed by atoms with E-state index < -0.39 is 17.7 Å². The van der Waals surface area contributed by atoms with Crippen molar-refractivity contribution in [1.82, 2.24) is 4.98 Å². The molecule has 4 aromatic rings. The number of thiazole rings is 1. The zero-order valence-corrected chi connectivity index (χ0v) is 21.0. The summed E-state index contributed by atoms with van der Waals surface area (Å²) in [6.45, 7) is 4.75. The van der Waals surface area contributed by atoms with Crippen LogP contribution in [0.4, 0.5) is 5.13 Å². The number of benzene rings is 3. The number of fused-ring (bicyclic) bond motifs is 1. The van der Waals surface area contributed by atoms with Crippen molar-refractivity contribution < 1.29 is 29.3 Å². The molecule has 1 aromatic heterocycles. The van der Waals surface area contributed by atoms with E-state index in [0.717, 1.165) is 4.70 Å². The molecule has 8 nitrogen and oxygen atoms in total. The van der Waals surface area contributed by atoms with Crippen LogP contribution in [0.1, 0.15) is 31.0 Å². The molecule has 5 rings (SSSR count). The third kappa shape index (κ3) is 4.49. The first-order valence-electron chi connectivity index (χ1n) is 11.8. The van der Waals surface area contributed by atoms with Gasteiger partial charge in [0, 0.05) is 5.56 Å². The normalized spacial score (nSPS) is 16.9. The molecule has 0 spiro atoms. The van der Waals surface area contributed by atoms with E-state index in [1.54, 1.807) is 48.5 Å². The molecule has 1 aliphatic rings. The molecule has 0 aliphatic carbocycles. The van der Waals surface area contributed by atoms with Crippen molar-refractivity contribution in [2.45, 2.75) is 19.9 Å². The second-order valence-electron chi connectivity index (χ2n) is 8.28. The summed E-state index contributed by atoms with van der Waals surface area (Å²) in [5.41, 5.74) is 1.37. The van der Waals surface area contributed by atoms with E-state index in [-0.39, 0.29) is 17.1 Å². The van der Waals surface area contributed by atoms with Gasteiger partial charge in [0.2, 0.25) is 0 Å². The first-order valence-corrected chi connectivity index (χ1v) is 12.6. The Labute approximate surface area is 217 Å². The van der Waals surface area contributed by atoms with Crippen LogP contribution in [-0.4, -0.2) is 40.1 Å². The van der Waals surface area contributed by atoms with Crippen molar-refractivity contribution in [3.8, 4) is 17.2 Å². The highest BCUT2D eigenvalue weighted by atomic mass is 32.1. The van der Waals surface area contributed by atoms with Gasteiger partial charge in [0.05, 0.1) is 35.0 Å². The minimum Gasteiger partial charge on any atom is -0.508 e. The third-order valence-corrected chi connectivity index (χ3v) is 6.95. The highest BCUT2D eigenvalue weighted by molar-refractivity contribution is 7.22. The van der Waals surface area contributed by atoms with E-state index in [1.165, 1.54) is 28.4 Å². The van der Waals surface area contributed by atoms with Gasteiger partial charge in [0.1, 0.15) is 23.0 Å². The van der Waals surface area contributed by atoms with Crippen LogP contribution in [0.25, 0.3) is 16.0 Å². The van der Waals surface area contributed by atoms with Gasteiger partial charge in [-0.05, 0) is 74.0 Å². The topological polar surface area (TPSA) is 109 Å². The zero-order chi connectivity index (χ0) is 26.1. The van der Waals surface area contributed by atoms with Crippen molar-refractivity contribution in [2.24, 2.45) is 0 Å². The standard InChI is InChI=1S/C28H24N2O6S/c1-3-35-19-10-8-16(9-11-19)25(32)23-24(17-6-5-7-18(31)14-17)30(27(34)26(23)33)28-29-21-13-12-20(36-4-2)15-22(21)37-28/h5-15,24,31-32H,3-4H2,1-2H3. The number of phenols is 1. The lowest BCUT2D eigenvalue weighted by atomic mass is 9.95. The Morgan fingerprint density at radius 1 is 0.973 bits per heavy atom. The minimum atomic E-state index is -0.995. The van der Waals surface area contributed by atoms with Crippen molar-refractivity contribution in [3.05, 3.63) is 83.4 Å². The van der Waals surface area contributed by atoms with E-state index in [0.29, 0.717) is 46.5 Å². The van der Waals surface area contributed by atoms with Crippen LogP contribution < -0.4 is 14.4 Å². The molecular formula is C28H24N2O6S. The molecular weight excluding hydrogens is 492 g/mol. The van der Waals surface area contributed by atoms with E-state index in [1.807, 2.05) is 19.9 Å². The summed E-state index contributed by atoms with van der Waals surface area (Å²) in [4.78, 5) is 32.6.